The summed E-state index contributed by atoms with van der Waals surface area (Å²) in [5, 5.41) is 5.46. The molecule has 0 fully saturated rings. The van der Waals surface area contributed by atoms with Gasteiger partial charge in [0.05, 0.1) is 5.75 Å². The molecule has 2 aromatic carbocycles. The van der Waals surface area contributed by atoms with Gasteiger partial charge < -0.3 is 10.6 Å². The molecule has 30 heavy (non-hydrogen) atoms. The molecule has 0 aliphatic rings. The van der Waals surface area contributed by atoms with Crippen LogP contribution < -0.4 is 10.6 Å². The van der Waals surface area contributed by atoms with Gasteiger partial charge in [0.2, 0.25) is 5.91 Å². The highest BCUT2D eigenvalue weighted by Crippen LogP contribution is 2.20. The summed E-state index contributed by atoms with van der Waals surface area (Å²) < 4.78 is 23.2. The molecule has 2 N–H and O–H groups in total. The zero-order chi connectivity index (χ0) is 22.3. The lowest BCUT2D eigenvalue weighted by molar-refractivity contribution is -0.118. The molecule has 0 saturated carbocycles. The van der Waals surface area contributed by atoms with E-state index in [4.69, 9.17) is 0 Å². The molecule has 2 amide bonds. The first-order chi connectivity index (χ1) is 14.1. The van der Waals surface area contributed by atoms with E-state index in [0.29, 0.717) is 17.2 Å². The normalized spacial score (nSPS) is 13.3. The molecule has 6 nitrogen and oxygen atoms in total. The predicted octanol–water partition coefficient (Wildman–Crippen LogP) is 3.68. The second-order valence-corrected chi connectivity index (χ2v) is 9.99. The van der Waals surface area contributed by atoms with Gasteiger partial charge in [-0.3, -0.25) is 9.59 Å². The molecule has 0 heterocycles. The average Bonchev–Trinajstić information content (AvgIpc) is 2.70. The highest BCUT2D eigenvalue weighted by Gasteiger charge is 2.23. The maximum atomic E-state index is 12.8. The Morgan fingerprint density at radius 1 is 1.07 bits per heavy atom. The maximum absolute atomic E-state index is 12.8. The van der Waals surface area contributed by atoms with Crippen molar-refractivity contribution in [2.45, 2.75) is 45.6 Å². The number of amides is 2. The number of hydrogen-bond donors (Lipinski definition) is 2. The highest BCUT2D eigenvalue weighted by atomic mass is 32.2. The van der Waals surface area contributed by atoms with Crippen LogP contribution in [0.15, 0.2) is 48.5 Å². The number of nitrogens with one attached hydrogen (secondary N) is 2. The number of carbonyl (C=O) groups excluding carboxylic acids is 2. The molecule has 0 unspecified atom stereocenters. The molecule has 0 aliphatic carbocycles. The molecule has 0 bridgehead atoms. The van der Waals surface area contributed by atoms with Gasteiger partial charge in [0.1, 0.15) is 15.9 Å². The third-order valence-electron chi connectivity index (χ3n) is 5.04. The standard InChI is InChI=1S/C23H30N2O4S/c1-5-17(3)18-9-11-20(12-10-18)24-23(27)21(13-14-30(4,28)29)25-22(26)19-8-6-7-16(2)15-19/h6-12,15,17,21H,5,13-14H2,1-4H3,(H,24,27)(H,25,26)/t17-,21+/m0/s1. The number of sulfone groups is 1. The van der Waals surface area contributed by atoms with Crippen LogP contribution in [0.4, 0.5) is 5.69 Å². The molecule has 7 heteroatoms. The largest absolute Gasteiger partial charge is 0.340 e. The van der Waals surface area contributed by atoms with Crippen molar-refractivity contribution in [2.24, 2.45) is 0 Å². The summed E-state index contributed by atoms with van der Waals surface area (Å²) >= 11 is 0. The smallest absolute Gasteiger partial charge is 0.251 e. The van der Waals surface area contributed by atoms with Crippen LogP contribution in [0.3, 0.4) is 0 Å². The first-order valence-electron chi connectivity index (χ1n) is 10.0. The fourth-order valence-electron chi connectivity index (χ4n) is 2.99. The van der Waals surface area contributed by atoms with Gasteiger partial charge >= 0.3 is 0 Å². The number of rotatable bonds is 9. The minimum absolute atomic E-state index is 0.00677. The zero-order valence-corrected chi connectivity index (χ0v) is 18.8. The van der Waals surface area contributed by atoms with Gasteiger partial charge in [0.15, 0.2) is 0 Å². The van der Waals surface area contributed by atoms with Crippen LogP contribution in [0.5, 0.6) is 0 Å². The van der Waals surface area contributed by atoms with Crippen LogP contribution >= 0.6 is 0 Å². The lowest BCUT2D eigenvalue weighted by atomic mass is 9.98. The first-order valence-corrected chi connectivity index (χ1v) is 12.1. The molecule has 2 aromatic rings. The van der Waals surface area contributed by atoms with Gasteiger partial charge in [-0.1, -0.05) is 43.7 Å². The molecule has 0 aromatic heterocycles. The molecule has 0 spiro atoms. The molecule has 2 atom stereocenters. The summed E-state index contributed by atoms with van der Waals surface area (Å²) in [5.41, 5.74) is 3.12. The topological polar surface area (TPSA) is 92.3 Å². The predicted molar refractivity (Wildman–Crippen MR) is 121 cm³/mol. The quantitative estimate of drug-likeness (QED) is 0.635. The van der Waals surface area contributed by atoms with Gasteiger partial charge in [-0.25, -0.2) is 8.42 Å². The van der Waals surface area contributed by atoms with Gasteiger partial charge in [-0.2, -0.15) is 0 Å². The van der Waals surface area contributed by atoms with Crippen molar-refractivity contribution in [1.29, 1.82) is 0 Å². The number of carbonyl (C=O) groups is 2. The van der Waals surface area contributed by atoms with E-state index in [1.807, 2.05) is 37.3 Å². The Labute approximate surface area is 179 Å². The molecule has 162 valence electrons. The number of anilines is 1. The van der Waals surface area contributed by atoms with E-state index in [9.17, 15) is 18.0 Å². The van der Waals surface area contributed by atoms with Gasteiger partial charge in [0, 0.05) is 17.5 Å². The highest BCUT2D eigenvalue weighted by molar-refractivity contribution is 7.90. The number of hydrogen-bond acceptors (Lipinski definition) is 4. The Hall–Kier alpha value is -2.67. The van der Waals surface area contributed by atoms with Crippen LogP contribution in [0.2, 0.25) is 0 Å². The summed E-state index contributed by atoms with van der Waals surface area (Å²) in [6.45, 7) is 6.12. The summed E-state index contributed by atoms with van der Waals surface area (Å²) in [7, 11) is -3.28. The van der Waals surface area contributed by atoms with Crippen LogP contribution in [-0.2, 0) is 14.6 Å². The monoisotopic (exact) mass is 430 g/mol. The van der Waals surface area contributed by atoms with E-state index >= 15 is 0 Å². The van der Waals surface area contributed by atoms with Crippen LogP contribution in [0, 0.1) is 6.92 Å². The zero-order valence-electron chi connectivity index (χ0n) is 17.9. The second-order valence-electron chi connectivity index (χ2n) is 7.73. The van der Waals surface area contributed by atoms with Gasteiger partial charge in [-0.05, 0) is 55.5 Å². The molecule has 0 saturated heterocycles. The van der Waals surface area contributed by atoms with Crippen LogP contribution in [0.1, 0.15) is 54.1 Å². The van der Waals surface area contributed by atoms with E-state index in [0.717, 1.165) is 18.2 Å². The van der Waals surface area contributed by atoms with Crippen molar-refractivity contribution in [3.05, 3.63) is 65.2 Å². The van der Waals surface area contributed by atoms with Crippen molar-refractivity contribution >= 4 is 27.3 Å². The molecule has 0 radical (unpaired) electrons. The fraction of sp³-hybridized carbons (Fsp3) is 0.391. The Balaban J connectivity index is 2.14. The van der Waals surface area contributed by atoms with Crippen molar-refractivity contribution < 1.29 is 18.0 Å². The van der Waals surface area contributed by atoms with E-state index in [-0.39, 0.29) is 12.2 Å². The molecule has 2 rings (SSSR count). The number of aryl methyl sites for hydroxylation is 1. The van der Waals surface area contributed by atoms with Gasteiger partial charge in [0.25, 0.3) is 5.91 Å². The lowest BCUT2D eigenvalue weighted by Crippen LogP contribution is -2.44. The van der Waals surface area contributed by atoms with Crippen molar-refractivity contribution in [2.75, 3.05) is 17.3 Å². The first kappa shape index (κ1) is 23.6. The van der Waals surface area contributed by atoms with Crippen molar-refractivity contribution in [3.8, 4) is 0 Å². The van der Waals surface area contributed by atoms with Crippen molar-refractivity contribution in [3.63, 3.8) is 0 Å². The summed E-state index contributed by atoms with van der Waals surface area (Å²) in [6, 6.07) is 13.6. The lowest BCUT2D eigenvalue weighted by Gasteiger charge is -2.19. The Bertz CT molecular complexity index is 985. The fourth-order valence-corrected chi connectivity index (χ4v) is 3.65. The Morgan fingerprint density at radius 2 is 1.73 bits per heavy atom. The molecule has 0 aliphatic heterocycles. The molecular weight excluding hydrogens is 400 g/mol. The molecular formula is C23H30N2O4S. The SMILES string of the molecule is CC[C@H](C)c1ccc(NC(=O)[C@@H](CCS(C)(=O)=O)NC(=O)c2cccc(C)c2)cc1. The minimum atomic E-state index is -3.28. The third-order valence-corrected chi connectivity index (χ3v) is 6.02. The average molecular weight is 431 g/mol. The van der Waals surface area contributed by atoms with E-state index < -0.39 is 27.7 Å². The summed E-state index contributed by atoms with van der Waals surface area (Å²) in [4.78, 5) is 25.4. The number of benzene rings is 2. The summed E-state index contributed by atoms with van der Waals surface area (Å²) in [6.07, 6.45) is 2.12. The Kier molecular flexibility index (Phi) is 8.17. The maximum Gasteiger partial charge on any atom is 0.251 e. The van der Waals surface area contributed by atoms with Crippen LogP contribution in [0.25, 0.3) is 0 Å². The second kappa shape index (κ2) is 10.4. The van der Waals surface area contributed by atoms with Gasteiger partial charge in [-0.15, -0.1) is 0 Å². The van der Waals surface area contributed by atoms with Crippen LogP contribution in [-0.4, -0.2) is 38.3 Å². The van der Waals surface area contributed by atoms with E-state index in [1.54, 1.807) is 18.2 Å². The third kappa shape index (κ3) is 7.30. The van der Waals surface area contributed by atoms with E-state index in [2.05, 4.69) is 24.5 Å². The minimum Gasteiger partial charge on any atom is -0.340 e. The van der Waals surface area contributed by atoms with Crippen molar-refractivity contribution in [1.82, 2.24) is 5.32 Å². The van der Waals surface area contributed by atoms with E-state index in [1.165, 1.54) is 5.56 Å². The summed E-state index contributed by atoms with van der Waals surface area (Å²) in [5.74, 6) is -0.645. The Morgan fingerprint density at radius 3 is 2.30 bits per heavy atom.